The van der Waals surface area contributed by atoms with E-state index in [-0.39, 0.29) is 0 Å². The zero-order chi connectivity index (χ0) is 43.6. The van der Waals surface area contributed by atoms with Gasteiger partial charge in [-0.25, -0.2) is 0 Å². The van der Waals surface area contributed by atoms with Gasteiger partial charge in [-0.1, -0.05) is 188 Å². The van der Waals surface area contributed by atoms with Crippen molar-refractivity contribution in [3.05, 3.63) is 249 Å². The molecule has 0 unspecified atom stereocenters. The van der Waals surface area contributed by atoms with Gasteiger partial charge in [-0.15, -0.1) is 0 Å². The molecule has 0 aliphatic carbocycles. The Kier molecular flexibility index (Phi) is 8.89. The number of para-hydroxylation sites is 1. The molecule has 0 spiro atoms. The van der Waals surface area contributed by atoms with E-state index in [4.69, 9.17) is 4.42 Å². The van der Waals surface area contributed by atoms with E-state index in [1.807, 2.05) is 0 Å². The molecular weight excluding hydrogens is 799 g/mol. The molecule has 0 aliphatic rings. The van der Waals surface area contributed by atoms with Crippen molar-refractivity contribution in [3.63, 3.8) is 0 Å². The summed E-state index contributed by atoms with van der Waals surface area (Å²) in [7, 11) is 0. The summed E-state index contributed by atoms with van der Waals surface area (Å²) < 4.78 is 6.60. The first-order valence-electron chi connectivity index (χ1n) is 22.6. The third-order valence-corrected chi connectivity index (χ3v) is 13.4. The number of anilines is 3. The number of furan rings is 1. The quantitative estimate of drug-likeness (QED) is 0.149. The Bertz CT molecular complexity index is 3990. The van der Waals surface area contributed by atoms with Gasteiger partial charge in [-0.05, 0) is 143 Å². The summed E-state index contributed by atoms with van der Waals surface area (Å²) in [5.41, 5.74) is 14.4. The van der Waals surface area contributed by atoms with Crippen molar-refractivity contribution in [3.8, 4) is 44.5 Å². The van der Waals surface area contributed by atoms with Gasteiger partial charge in [0.05, 0.1) is 5.69 Å². The standard InChI is InChI=1S/C64H41NO/c1-2-14-46-39-51(27-26-42(46)12-1)48-18-9-17-47(38-48)43-28-33-52(34-29-43)65(53-35-30-45(31-36-53)55-21-10-22-56-54-19-6-5-13-44(54)32-37-57(55)56)61-24-8-7-20-58(61)59-23-11-25-62-64(59)60-40-49-15-3-4-16-50(49)41-63(60)66-62/h1-41H. The monoisotopic (exact) mass is 839 g/mol. The number of hydrogen-bond donors (Lipinski definition) is 0. The number of rotatable bonds is 7. The Morgan fingerprint density at radius 1 is 0.258 bits per heavy atom. The highest BCUT2D eigenvalue weighted by atomic mass is 16.3. The van der Waals surface area contributed by atoms with Gasteiger partial charge in [-0.2, -0.15) is 0 Å². The Hall–Kier alpha value is -8.72. The molecular formula is C64H41NO. The van der Waals surface area contributed by atoms with Crippen molar-refractivity contribution < 1.29 is 4.42 Å². The molecule has 0 amide bonds. The maximum atomic E-state index is 6.60. The van der Waals surface area contributed by atoms with Crippen LogP contribution >= 0.6 is 0 Å². The molecule has 0 bridgehead atoms. The highest BCUT2D eigenvalue weighted by molar-refractivity contribution is 6.17. The molecule has 0 saturated carbocycles. The fourth-order valence-electron chi connectivity index (χ4n) is 10.2. The van der Waals surface area contributed by atoms with E-state index >= 15 is 0 Å². The lowest BCUT2D eigenvalue weighted by Gasteiger charge is -2.28. The summed E-state index contributed by atoms with van der Waals surface area (Å²) in [5.74, 6) is 0. The van der Waals surface area contributed by atoms with E-state index in [2.05, 4.69) is 254 Å². The summed E-state index contributed by atoms with van der Waals surface area (Å²) in [5, 5.41) is 12.1. The normalized spacial score (nSPS) is 11.6. The first-order chi connectivity index (χ1) is 32.7. The number of fused-ring (bicyclic) bond motifs is 8. The second-order valence-corrected chi connectivity index (χ2v) is 17.3. The van der Waals surface area contributed by atoms with E-state index in [0.717, 1.165) is 55.7 Å². The van der Waals surface area contributed by atoms with Gasteiger partial charge in [-0.3, -0.25) is 0 Å². The summed E-state index contributed by atoms with van der Waals surface area (Å²) in [6.45, 7) is 0. The minimum absolute atomic E-state index is 0.877. The van der Waals surface area contributed by atoms with E-state index < -0.39 is 0 Å². The summed E-state index contributed by atoms with van der Waals surface area (Å²) in [4.78, 5) is 2.40. The van der Waals surface area contributed by atoms with Crippen molar-refractivity contribution >= 4 is 82.1 Å². The van der Waals surface area contributed by atoms with Crippen molar-refractivity contribution in [2.24, 2.45) is 0 Å². The zero-order valence-corrected chi connectivity index (χ0v) is 36.0. The van der Waals surface area contributed by atoms with Gasteiger partial charge >= 0.3 is 0 Å². The van der Waals surface area contributed by atoms with Crippen LogP contribution in [0, 0.1) is 0 Å². The average Bonchev–Trinajstić information content (AvgIpc) is 3.76. The van der Waals surface area contributed by atoms with Gasteiger partial charge in [0.25, 0.3) is 0 Å². The smallest absolute Gasteiger partial charge is 0.136 e. The molecule has 0 saturated heterocycles. The van der Waals surface area contributed by atoms with Gasteiger partial charge < -0.3 is 9.32 Å². The molecule has 0 aliphatic heterocycles. The maximum Gasteiger partial charge on any atom is 0.136 e. The Labute approximate surface area is 382 Å². The Morgan fingerprint density at radius 3 is 1.61 bits per heavy atom. The molecule has 2 heteroatoms. The van der Waals surface area contributed by atoms with Crippen LogP contribution in [0.5, 0.6) is 0 Å². The summed E-state index contributed by atoms with van der Waals surface area (Å²) in [6, 6.07) is 90.3. The minimum atomic E-state index is 0.877. The van der Waals surface area contributed by atoms with Crippen LogP contribution < -0.4 is 4.90 Å². The van der Waals surface area contributed by atoms with Crippen LogP contribution in [0.25, 0.3) is 110 Å². The van der Waals surface area contributed by atoms with Crippen LogP contribution in [0.3, 0.4) is 0 Å². The lowest BCUT2D eigenvalue weighted by Crippen LogP contribution is -2.11. The van der Waals surface area contributed by atoms with E-state index in [1.54, 1.807) is 0 Å². The predicted molar refractivity (Wildman–Crippen MR) is 280 cm³/mol. The zero-order valence-electron chi connectivity index (χ0n) is 36.0. The molecule has 0 fully saturated rings. The highest BCUT2D eigenvalue weighted by Gasteiger charge is 2.21. The summed E-state index contributed by atoms with van der Waals surface area (Å²) in [6.07, 6.45) is 0. The molecule has 1 heterocycles. The van der Waals surface area contributed by atoms with Crippen molar-refractivity contribution in [2.75, 3.05) is 4.90 Å². The van der Waals surface area contributed by atoms with Crippen LogP contribution in [-0.2, 0) is 0 Å². The van der Waals surface area contributed by atoms with Crippen molar-refractivity contribution in [1.29, 1.82) is 0 Å². The number of benzene rings is 12. The van der Waals surface area contributed by atoms with E-state index in [1.165, 1.54) is 70.9 Å². The van der Waals surface area contributed by atoms with E-state index in [9.17, 15) is 0 Å². The minimum Gasteiger partial charge on any atom is -0.456 e. The second kappa shape index (κ2) is 15.5. The van der Waals surface area contributed by atoms with Crippen molar-refractivity contribution in [1.82, 2.24) is 0 Å². The van der Waals surface area contributed by atoms with Crippen LogP contribution in [0.15, 0.2) is 253 Å². The van der Waals surface area contributed by atoms with Crippen LogP contribution in [0.4, 0.5) is 17.1 Å². The predicted octanol–water partition coefficient (Wildman–Crippen LogP) is 18.3. The Balaban J connectivity index is 0.947. The number of nitrogens with zero attached hydrogens (tertiary/aromatic N) is 1. The maximum absolute atomic E-state index is 6.60. The fraction of sp³-hybridized carbons (Fsp3) is 0. The van der Waals surface area contributed by atoms with Crippen molar-refractivity contribution in [2.45, 2.75) is 0 Å². The molecule has 12 aromatic carbocycles. The molecule has 0 N–H and O–H groups in total. The van der Waals surface area contributed by atoms with Gasteiger partial charge in [0, 0.05) is 27.7 Å². The molecule has 0 radical (unpaired) electrons. The lowest BCUT2D eigenvalue weighted by molar-refractivity contribution is 0.669. The molecule has 308 valence electrons. The Morgan fingerprint density at radius 2 is 0.803 bits per heavy atom. The molecule has 13 aromatic rings. The largest absolute Gasteiger partial charge is 0.456 e. The van der Waals surface area contributed by atoms with Gasteiger partial charge in [0.2, 0.25) is 0 Å². The van der Waals surface area contributed by atoms with Gasteiger partial charge in [0.15, 0.2) is 0 Å². The first-order valence-corrected chi connectivity index (χ1v) is 22.6. The molecule has 66 heavy (non-hydrogen) atoms. The molecule has 2 nitrogen and oxygen atoms in total. The second-order valence-electron chi connectivity index (χ2n) is 17.3. The molecule has 13 rings (SSSR count). The summed E-state index contributed by atoms with van der Waals surface area (Å²) >= 11 is 0. The lowest BCUT2D eigenvalue weighted by atomic mass is 9.94. The molecule has 0 atom stereocenters. The number of hydrogen-bond acceptors (Lipinski definition) is 2. The highest BCUT2D eigenvalue weighted by Crippen LogP contribution is 2.46. The van der Waals surface area contributed by atoms with Crippen LogP contribution in [-0.4, -0.2) is 0 Å². The topological polar surface area (TPSA) is 16.4 Å². The third kappa shape index (κ3) is 6.42. The van der Waals surface area contributed by atoms with Gasteiger partial charge in [0.1, 0.15) is 11.2 Å². The SMILES string of the molecule is c1cc(-c2ccc(N(c3ccc(-c4cccc5c4ccc4ccccc45)cc3)c3ccccc3-c3cccc4oc5cc6ccccc6cc5c34)cc2)cc(-c2ccc3ccccc3c2)c1. The molecule has 1 aromatic heterocycles. The van der Waals surface area contributed by atoms with Crippen LogP contribution in [0.2, 0.25) is 0 Å². The van der Waals surface area contributed by atoms with Crippen LogP contribution in [0.1, 0.15) is 0 Å². The average molecular weight is 840 g/mol. The van der Waals surface area contributed by atoms with E-state index in [0.29, 0.717) is 0 Å². The fourth-order valence-corrected chi connectivity index (χ4v) is 10.2. The third-order valence-electron chi connectivity index (χ3n) is 13.4. The first kappa shape index (κ1) is 37.8.